The zero-order valence-electron chi connectivity index (χ0n) is 11.1. The highest BCUT2D eigenvalue weighted by molar-refractivity contribution is 7.99. The van der Waals surface area contributed by atoms with Gasteiger partial charge in [0.25, 0.3) is 0 Å². The summed E-state index contributed by atoms with van der Waals surface area (Å²) in [4.78, 5) is 4.58. The number of benzene rings is 1. The summed E-state index contributed by atoms with van der Waals surface area (Å²) >= 11 is 1.58. The number of aliphatic hydroxyl groups is 1. The van der Waals surface area contributed by atoms with Crippen molar-refractivity contribution in [2.45, 2.75) is 19.0 Å². The standard InChI is InChI=1S/C15H16N2OS/c1-12-13(2)17(14-8-4-3-5-9-14)15(16-12)19-11-7-6-10-18/h3-5,8-9,18H,10-11H2,1-2H3. The van der Waals surface area contributed by atoms with Gasteiger partial charge in [-0.2, -0.15) is 0 Å². The first kappa shape index (κ1) is 13.7. The lowest BCUT2D eigenvalue weighted by Gasteiger charge is -2.08. The van der Waals surface area contributed by atoms with Crippen molar-refractivity contribution in [2.24, 2.45) is 0 Å². The Morgan fingerprint density at radius 1 is 1.21 bits per heavy atom. The van der Waals surface area contributed by atoms with Gasteiger partial charge in [-0.3, -0.25) is 4.57 Å². The minimum absolute atomic E-state index is 0.0915. The van der Waals surface area contributed by atoms with Gasteiger partial charge in [-0.05, 0) is 26.0 Å². The number of thioether (sulfide) groups is 1. The molecular formula is C15H16N2OS. The van der Waals surface area contributed by atoms with E-state index in [9.17, 15) is 0 Å². The van der Waals surface area contributed by atoms with E-state index in [1.807, 2.05) is 25.1 Å². The van der Waals surface area contributed by atoms with E-state index in [-0.39, 0.29) is 6.61 Å². The number of aromatic nitrogens is 2. The number of aliphatic hydroxyl groups excluding tert-OH is 1. The van der Waals surface area contributed by atoms with E-state index >= 15 is 0 Å². The molecule has 0 radical (unpaired) electrons. The van der Waals surface area contributed by atoms with Gasteiger partial charge >= 0.3 is 0 Å². The molecule has 0 bridgehead atoms. The predicted molar refractivity (Wildman–Crippen MR) is 78.6 cm³/mol. The second-order valence-corrected chi connectivity index (χ2v) is 4.98. The molecule has 19 heavy (non-hydrogen) atoms. The number of aryl methyl sites for hydroxylation is 1. The molecule has 4 heteroatoms. The number of hydrogen-bond acceptors (Lipinski definition) is 3. The molecule has 1 N–H and O–H groups in total. The van der Waals surface area contributed by atoms with E-state index < -0.39 is 0 Å². The Hall–Kier alpha value is -1.70. The van der Waals surface area contributed by atoms with Gasteiger partial charge in [0.1, 0.15) is 6.61 Å². The third-order valence-corrected chi connectivity index (χ3v) is 3.63. The number of para-hydroxylation sites is 1. The van der Waals surface area contributed by atoms with Gasteiger partial charge in [0.2, 0.25) is 0 Å². The maximum Gasteiger partial charge on any atom is 0.174 e. The molecule has 1 aromatic heterocycles. The van der Waals surface area contributed by atoms with Gasteiger partial charge in [-0.25, -0.2) is 4.98 Å². The summed E-state index contributed by atoms with van der Waals surface area (Å²) in [5.74, 6) is 6.18. The second-order valence-electron chi connectivity index (χ2n) is 4.04. The fraction of sp³-hybridized carbons (Fsp3) is 0.267. The number of nitrogens with zero attached hydrogens (tertiary/aromatic N) is 2. The molecule has 2 rings (SSSR count). The maximum atomic E-state index is 8.64. The van der Waals surface area contributed by atoms with Crippen LogP contribution in [0.25, 0.3) is 5.69 Å². The van der Waals surface area contributed by atoms with Crippen molar-refractivity contribution < 1.29 is 5.11 Å². The first-order chi connectivity index (χ1) is 9.24. The number of imidazole rings is 1. The zero-order valence-corrected chi connectivity index (χ0v) is 11.9. The molecule has 1 aromatic carbocycles. The summed E-state index contributed by atoms with van der Waals surface area (Å²) in [5, 5.41) is 9.58. The minimum Gasteiger partial charge on any atom is -0.384 e. The molecule has 0 aliphatic carbocycles. The van der Waals surface area contributed by atoms with Crippen molar-refractivity contribution in [1.82, 2.24) is 9.55 Å². The largest absolute Gasteiger partial charge is 0.384 e. The van der Waals surface area contributed by atoms with Crippen molar-refractivity contribution in [3.8, 4) is 17.5 Å². The Morgan fingerprint density at radius 2 is 1.95 bits per heavy atom. The normalized spacial score (nSPS) is 10.1. The van der Waals surface area contributed by atoms with E-state index in [1.165, 1.54) is 0 Å². The van der Waals surface area contributed by atoms with Crippen LogP contribution in [0.2, 0.25) is 0 Å². The Balaban J connectivity index is 2.31. The van der Waals surface area contributed by atoms with Crippen LogP contribution in [0.4, 0.5) is 0 Å². The van der Waals surface area contributed by atoms with Gasteiger partial charge in [0.05, 0.1) is 11.4 Å². The molecule has 3 nitrogen and oxygen atoms in total. The first-order valence-corrected chi connectivity index (χ1v) is 7.03. The maximum absolute atomic E-state index is 8.64. The lowest BCUT2D eigenvalue weighted by molar-refractivity contribution is 0.350. The quantitative estimate of drug-likeness (QED) is 0.689. The Bertz CT molecular complexity index is 608. The summed E-state index contributed by atoms with van der Waals surface area (Å²) in [5.41, 5.74) is 3.28. The summed E-state index contributed by atoms with van der Waals surface area (Å²) in [7, 11) is 0. The van der Waals surface area contributed by atoms with Crippen LogP contribution in [0, 0.1) is 25.7 Å². The van der Waals surface area contributed by atoms with Crippen molar-refractivity contribution in [3.05, 3.63) is 41.7 Å². The van der Waals surface area contributed by atoms with Crippen LogP contribution in [0.5, 0.6) is 0 Å². The molecule has 0 fully saturated rings. The molecule has 0 spiro atoms. The molecule has 0 aliphatic heterocycles. The van der Waals surface area contributed by atoms with Crippen molar-refractivity contribution in [2.75, 3.05) is 12.4 Å². The average molecular weight is 272 g/mol. The molecule has 0 saturated carbocycles. The number of rotatable bonds is 3. The van der Waals surface area contributed by atoms with E-state index in [0.29, 0.717) is 5.75 Å². The highest BCUT2D eigenvalue weighted by Gasteiger charge is 2.12. The average Bonchev–Trinajstić information content (AvgIpc) is 2.71. The lowest BCUT2D eigenvalue weighted by Crippen LogP contribution is -1.98. The fourth-order valence-corrected chi connectivity index (χ4v) is 2.64. The fourth-order valence-electron chi connectivity index (χ4n) is 1.77. The Kier molecular flexibility index (Phi) is 4.67. The lowest BCUT2D eigenvalue weighted by atomic mass is 10.3. The molecule has 0 unspecified atom stereocenters. The van der Waals surface area contributed by atoms with Crippen LogP contribution in [-0.4, -0.2) is 27.0 Å². The van der Waals surface area contributed by atoms with Crippen LogP contribution in [0.15, 0.2) is 35.5 Å². The highest BCUT2D eigenvalue weighted by Crippen LogP contribution is 2.24. The summed E-state index contributed by atoms with van der Waals surface area (Å²) in [6.45, 7) is 3.99. The highest BCUT2D eigenvalue weighted by atomic mass is 32.2. The van der Waals surface area contributed by atoms with Gasteiger partial charge in [-0.1, -0.05) is 41.8 Å². The Morgan fingerprint density at radius 3 is 2.63 bits per heavy atom. The van der Waals surface area contributed by atoms with E-state index in [4.69, 9.17) is 5.11 Å². The van der Waals surface area contributed by atoms with E-state index in [2.05, 4.69) is 40.4 Å². The van der Waals surface area contributed by atoms with Gasteiger partial charge in [0.15, 0.2) is 5.16 Å². The Labute approximate surface area is 117 Å². The van der Waals surface area contributed by atoms with Gasteiger partial charge in [0, 0.05) is 11.4 Å². The zero-order chi connectivity index (χ0) is 13.7. The molecule has 2 aromatic rings. The second kappa shape index (κ2) is 6.46. The SMILES string of the molecule is Cc1nc(SCC#CCO)n(-c2ccccc2)c1C. The van der Waals surface area contributed by atoms with Gasteiger partial charge in [-0.15, -0.1) is 0 Å². The first-order valence-electron chi connectivity index (χ1n) is 6.04. The van der Waals surface area contributed by atoms with E-state index in [1.54, 1.807) is 11.8 Å². The monoisotopic (exact) mass is 272 g/mol. The third kappa shape index (κ3) is 3.19. The molecule has 1 heterocycles. The van der Waals surface area contributed by atoms with Crippen molar-refractivity contribution in [1.29, 1.82) is 0 Å². The molecule has 0 saturated heterocycles. The van der Waals surface area contributed by atoms with Crippen molar-refractivity contribution >= 4 is 11.8 Å². The summed E-state index contributed by atoms with van der Waals surface area (Å²) in [6.07, 6.45) is 0. The van der Waals surface area contributed by atoms with Crippen LogP contribution < -0.4 is 0 Å². The van der Waals surface area contributed by atoms with Crippen molar-refractivity contribution in [3.63, 3.8) is 0 Å². The minimum atomic E-state index is -0.0915. The van der Waals surface area contributed by atoms with Crippen LogP contribution >= 0.6 is 11.8 Å². The molecule has 0 aliphatic rings. The third-order valence-electron chi connectivity index (χ3n) is 2.81. The summed E-state index contributed by atoms with van der Waals surface area (Å²) < 4.78 is 2.14. The van der Waals surface area contributed by atoms with Crippen LogP contribution in [0.3, 0.4) is 0 Å². The molecule has 0 amide bonds. The topological polar surface area (TPSA) is 38.1 Å². The molecule has 98 valence electrons. The predicted octanol–water partition coefficient (Wildman–Crippen LogP) is 2.58. The van der Waals surface area contributed by atoms with E-state index in [0.717, 1.165) is 22.2 Å². The smallest absolute Gasteiger partial charge is 0.174 e. The number of hydrogen-bond donors (Lipinski definition) is 1. The molecular weight excluding hydrogens is 256 g/mol. The van der Waals surface area contributed by atoms with Gasteiger partial charge < -0.3 is 5.11 Å². The van der Waals surface area contributed by atoms with Crippen LogP contribution in [0.1, 0.15) is 11.4 Å². The summed E-state index contributed by atoms with van der Waals surface area (Å²) in [6, 6.07) is 10.2. The molecule has 0 atom stereocenters. The van der Waals surface area contributed by atoms with Crippen LogP contribution in [-0.2, 0) is 0 Å².